The Labute approximate surface area is 88.1 Å². The molecule has 4 atom stereocenters. The Hall–Kier alpha value is -0.240. The van der Waals surface area contributed by atoms with Crippen LogP contribution in [0, 0.1) is 0 Å². The SMILES string of the molecule is CC1(C)OC[C@@H]([C@@H](O)[C@H](O)[C@@H](O)CO)O1. The van der Waals surface area contributed by atoms with Crippen LogP contribution in [0.3, 0.4) is 0 Å². The normalized spacial score (nSPS) is 31.2. The maximum atomic E-state index is 9.63. The van der Waals surface area contributed by atoms with Crippen LogP contribution >= 0.6 is 0 Å². The first-order valence-corrected chi connectivity index (χ1v) is 4.84. The van der Waals surface area contributed by atoms with Crippen molar-refractivity contribution < 1.29 is 29.9 Å². The van der Waals surface area contributed by atoms with Gasteiger partial charge in [0.25, 0.3) is 0 Å². The second-order valence-corrected chi connectivity index (χ2v) is 4.10. The quantitative estimate of drug-likeness (QED) is 0.448. The smallest absolute Gasteiger partial charge is 0.163 e. The minimum Gasteiger partial charge on any atom is -0.394 e. The lowest BCUT2D eigenvalue weighted by atomic mass is 10.0. The van der Waals surface area contributed by atoms with Crippen LogP contribution in [0.4, 0.5) is 0 Å². The van der Waals surface area contributed by atoms with Crippen molar-refractivity contribution in [3.05, 3.63) is 0 Å². The third kappa shape index (κ3) is 3.10. The summed E-state index contributed by atoms with van der Waals surface area (Å²) in [5, 5.41) is 36.8. The Morgan fingerprint density at radius 2 is 1.93 bits per heavy atom. The third-order valence-corrected chi connectivity index (χ3v) is 2.34. The maximum Gasteiger partial charge on any atom is 0.163 e. The number of ether oxygens (including phenoxy) is 2. The second kappa shape index (κ2) is 4.73. The van der Waals surface area contributed by atoms with Crippen LogP contribution in [-0.4, -0.2) is 63.8 Å². The average Bonchev–Trinajstić information content (AvgIpc) is 2.55. The first-order chi connectivity index (χ1) is 6.87. The number of aliphatic hydroxyl groups excluding tert-OH is 4. The topological polar surface area (TPSA) is 99.4 Å². The van der Waals surface area contributed by atoms with Gasteiger partial charge in [-0.2, -0.15) is 0 Å². The lowest BCUT2D eigenvalue weighted by Gasteiger charge is -2.26. The molecule has 1 rings (SSSR count). The van der Waals surface area contributed by atoms with Crippen molar-refractivity contribution >= 4 is 0 Å². The van der Waals surface area contributed by atoms with E-state index in [9.17, 15) is 10.2 Å². The summed E-state index contributed by atoms with van der Waals surface area (Å²) in [5.41, 5.74) is 0. The molecule has 15 heavy (non-hydrogen) atoms. The minimum atomic E-state index is -1.45. The fourth-order valence-corrected chi connectivity index (χ4v) is 1.44. The maximum absolute atomic E-state index is 9.63. The molecule has 0 saturated carbocycles. The van der Waals surface area contributed by atoms with E-state index in [0.29, 0.717) is 0 Å². The molecule has 0 bridgehead atoms. The third-order valence-electron chi connectivity index (χ3n) is 2.34. The highest BCUT2D eigenvalue weighted by atomic mass is 16.7. The monoisotopic (exact) mass is 222 g/mol. The molecule has 0 aliphatic carbocycles. The van der Waals surface area contributed by atoms with E-state index in [1.807, 2.05) is 0 Å². The second-order valence-electron chi connectivity index (χ2n) is 4.10. The molecule has 1 heterocycles. The Morgan fingerprint density at radius 3 is 2.33 bits per heavy atom. The van der Waals surface area contributed by atoms with E-state index < -0.39 is 36.8 Å². The average molecular weight is 222 g/mol. The molecule has 1 aliphatic heterocycles. The minimum absolute atomic E-state index is 0.142. The standard InChI is InChI=1S/C9H18O6/c1-9(2)14-4-6(15-9)8(13)7(12)5(11)3-10/h5-8,10-13H,3-4H2,1-2H3/t5-,6-,7+,8+/m0/s1. The predicted octanol–water partition coefficient (Wildman–Crippen LogP) is -1.79. The molecule has 90 valence electrons. The molecule has 1 aliphatic rings. The van der Waals surface area contributed by atoms with Crippen molar-refractivity contribution in [3.63, 3.8) is 0 Å². The summed E-state index contributed by atoms with van der Waals surface area (Å²) in [5.74, 6) is -0.796. The van der Waals surface area contributed by atoms with Crippen molar-refractivity contribution in [1.82, 2.24) is 0 Å². The lowest BCUT2D eigenvalue weighted by Crippen LogP contribution is -2.47. The van der Waals surface area contributed by atoms with Gasteiger partial charge in [-0.05, 0) is 13.8 Å². The Bertz CT molecular complexity index is 207. The molecule has 4 N–H and O–H groups in total. The van der Waals surface area contributed by atoms with E-state index in [2.05, 4.69) is 0 Å². The van der Waals surface area contributed by atoms with E-state index in [0.717, 1.165) is 0 Å². The van der Waals surface area contributed by atoms with Gasteiger partial charge < -0.3 is 29.9 Å². The first-order valence-electron chi connectivity index (χ1n) is 4.84. The molecule has 0 aromatic rings. The largest absolute Gasteiger partial charge is 0.394 e. The molecular weight excluding hydrogens is 204 g/mol. The van der Waals surface area contributed by atoms with Crippen molar-refractivity contribution in [2.45, 2.75) is 44.1 Å². The summed E-state index contributed by atoms with van der Waals surface area (Å²) in [6.45, 7) is 2.90. The van der Waals surface area contributed by atoms with Crippen LogP contribution in [0.25, 0.3) is 0 Å². The first kappa shape index (κ1) is 12.8. The van der Waals surface area contributed by atoms with Gasteiger partial charge in [0.2, 0.25) is 0 Å². The zero-order chi connectivity index (χ0) is 11.6. The summed E-state index contributed by atoms with van der Waals surface area (Å²) in [6, 6.07) is 0. The highest BCUT2D eigenvalue weighted by molar-refractivity contribution is 4.85. The van der Waals surface area contributed by atoms with Gasteiger partial charge in [-0.3, -0.25) is 0 Å². The van der Waals surface area contributed by atoms with E-state index in [1.165, 1.54) is 0 Å². The van der Waals surface area contributed by atoms with E-state index >= 15 is 0 Å². The van der Waals surface area contributed by atoms with Gasteiger partial charge in [-0.25, -0.2) is 0 Å². The lowest BCUT2D eigenvalue weighted by molar-refractivity contribution is -0.170. The molecule has 6 heteroatoms. The summed E-state index contributed by atoms with van der Waals surface area (Å²) < 4.78 is 10.5. The molecular formula is C9H18O6. The van der Waals surface area contributed by atoms with Crippen molar-refractivity contribution in [2.75, 3.05) is 13.2 Å². The molecule has 6 nitrogen and oxygen atoms in total. The number of hydrogen-bond donors (Lipinski definition) is 4. The van der Waals surface area contributed by atoms with E-state index in [4.69, 9.17) is 19.7 Å². The van der Waals surface area contributed by atoms with Gasteiger partial charge >= 0.3 is 0 Å². The van der Waals surface area contributed by atoms with E-state index in [1.54, 1.807) is 13.8 Å². The Balaban J connectivity index is 2.51. The van der Waals surface area contributed by atoms with Crippen molar-refractivity contribution in [3.8, 4) is 0 Å². The van der Waals surface area contributed by atoms with Crippen LogP contribution in [0.1, 0.15) is 13.8 Å². The Kier molecular flexibility index (Phi) is 4.05. The Morgan fingerprint density at radius 1 is 1.33 bits per heavy atom. The fourth-order valence-electron chi connectivity index (χ4n) is 1.44. The molecule has 0 spiro atoms. The predicted molar refractivity (Wildman–Crippen MR) is 50.0 cm³/mol. The van der Waals surface area contributed by atoms with Gasteiger partial charge in [0.15, 0.2) is 5.79 Å². The van der Waals surface area contributed by atoms with Crippen LogP contribution < -0.4 is 0 Å². The molecule has 0 amide bonds. The molecule has 0 unspecified atom stereocenters. The summed E-state index contributed by atoms with van der Waals surface area (Å²) in [6.07, 6.45) is -4.81. The number of rotatable bonds is 4. The summed E-state index contributed by atoms with van der Waals surface area (Å²) in [7, 11) is 0. The molecule has 0 aromatic heterocycles. The highest BCUT2D eigenvalue weighted by Crippen LogP contribution is 2.25. The highest BCUT2D eigenvalue weighted by Gasteiger charge is 2.40. The zero-order valence-electron chi connectivity index (χ0n) is 8.83. The van der Waals surface area contributed by atoms with E-state index in [-0.39, 0.29) is 6.61 Å². The van der Waals surface area contributed by atoms with Crippen LogP contribution in [0.15, 0.2) is 0 Å². The van der Waals surface area contributed by atoms with Crippen molar-refractivity contribution in [2.24, 2.45) is 0 Å². The van der Waals surface area contributed by atoms with Crippen LogP contribution in [0.2, 0.25) is 0 Å². The van der Waals surface area contributed by atoms with Gasteiger partial charge in [0.1, 0.15) is 24.4 Å². The fraction of sp³-hybridized carbons (Fsp3) is 1.00. The number of aliphatic hydroxyl groups is 4. The molecule has 1 fully saturated rings. The molecule has 1 saturated heterocycles. The van der Waals surface area contributed by atoms with Crippen LogP contribution in [0.5, 0.6) is 0 Å². The summed E-state index contributed by atoms with van der Waals surface area (Å²) in [4.78, 5) is 0. The summed E-state index contributed by atoms with van der Waals surface area (Å²) >= 11 is 0. The van der Waals surface area contributed by atoms with Gasteiger partial charge in [0.05, 0.1) is 13.2 Å². The van der Waals surface area contributed by atoms with Gasteiger partial charge in [0, 0.05) is 0 Å². The van der Waals surface area contributed by atoms with Crippen LogP contribution in [-0.2, 0) is 9.47 Å². The molecule has 0 aromatic carbocycles. The van der Waals surface area contributed by atoms with Gasteiger partial charge in [-0.15, -0.1) is 0 Å². The van der Waals surface area contributed by atoms with Crippen molar-refractivity contribution in [1.29, 1.82) is 0 Å². The zero-order valence-corrected chi connectivity index (χ0v) is 8.83. The van der Waals surface area contributed by atoms with Gasteiger partial charge in [-0.1, -0.05) is 0 Å². The molecule has 0 radical (unpaired) electrons. The number of hydrogen-bond acceptors (Lipinski definition) is 6.